The van der Waals surface area contributed by atoms with Gasteiger partial charge in [0.1, 0.15) is 11.6 Å². The number of hydrogen-bond acceptors (Lipinski definition) is 3. The largest absolute Gasteiger partial charge is 0.381 e. The van der Waals surface area contributed by atoms with Gasteiger partial charge in [0.05, 0.1) is 15.5 Å². The van der Waals surface area contributed by atoms with Gasteiger partial charge in [0.2, 0.25) is 0 Å². The number of benzene rings is 2. The molecule has 0 heterocycles. The van der Waals surface area contributed by atoms with Crippen molar-refractivity contribution in [2.45, 2.75) is 6.54 Å². The van der Waals surface area contributed by atoms with Crippen LogP contribution in [0.5, 0.6) is 0 Å². The standard InChI is InChI=1S/C13H9BrF2N2O2/c14-12-3-8(1-2-13(12)16)7-17-10-4-9(15)5-11(6-10)18(19)20/h1-6,17H,7H2. The van der Waals surface area contributed by atoms with Crippen molar-refractivity contribution in [3.63, 3.8) is 0 Å². The molecule has 0 radical (unpaired) electrons. The van der Waals surface area contributed by atoms with Crippen LogP contribution >= 0.6 is 15.9 Å². The summed E-state index contributed by atoms with van der Waals surface area (Å²) in [7, 11) is 0. The minimum absolute atomic E-state index is 0.289. The minimum atomic E-state index is -0.693. The van der Waals surface area contributed by atoms with Gasteiger partial charge in [-0.2, -0.15) is 0 Å². The Morgan fingerprint density at radius 3 is 2.60 bits per heavy atom. The number of nitrogens with one attached hydrogen (secondary N) is 1. The van der Waals surface area contributed by atoms with Gasteiger partial charge in [0, 0.05) is 18.3 Å². The molecule has 0 unspecified atom stereocenters. The summed E-state index contributed by atoms with van der Waals surface area (Å²) in [4.78, 5) is 9.96. The summed E-state index contributed by atoms with van der Waals surface area (Å²) in [6.07, 6.45) is 0. The molecule has 0 spiro atoms. The Hall–Kier alpha value is -2.02. The van der Waals surface area contributed by atoms with Crippen LogP contribution in [0.15, 0.2) is 40.9 Å². The number of nitro benzene ring substituents is 1. The molecule has 2 rings (SSSR count). The van der Waals surface area contributed by atoms with E-state index in [4.69, 9.17) is 0 Å². The molecule has 1 N–H and O–H groups in total. The first-order valence-corrected chi connectivity index (χ1v) is 6.38. The van der Waals surface area contributed by atoms with E-state index in [0.29, 0.717) is 11.0 Å². The number of nitro groups is 1. The van der Waals surface area contributed by atoms with Crippen LogP contribution in [0, 0.1) is 21.7 Å². The van der Waals surface area contributed by atoms with Gasteiger partial charge in [-0.05, 0) is 39.7 Å². The quantitative estimate of drug-likeness (QED) is 0.667. The summed E-state index contributed by atoms with van der Waals surface area (Å²) in [5.74, 6) is -1.07. The van der Waals surface area contributed by atoms with Crippen molar-refractivity contribution < 1.29 is 13.7 Å². The molecule has 2 aromatic rings. The number of rotatable bonds is 4. The van der Waals surface area contributed by atoms with Gasteiger partial charge in [0.25, 0.3) is 5.69 Å². The van der Waals surface area contributed by atoms with E-state index in [1.807, 2.05) is 0 Å². The molecule has 0 aliphatic rings. The molecule has 104 valence electrons. The third kappa shape index (κ3) is 3.51. The fraction of sp³-hybridized carbons (Fsp3) is 0.0769. The van der Waals surface area contributed by atoms with Gasteiger partial charge in [-0.25, -0.2) is 8.78 Å². The van der Waals surface area contributed by atoms with Crippen LogP contribution in [0.1, 0.15) is 5.56 Å². The molecular weight excluding hydrogens is 334 g/mol. The molecular formula is C13H9BrF2N2O2. The van der Waals surface area contributed by atoms with E-state index in [2.05, 4.69) is 21.2 Å². The molecule has 0 saturated carbocycles. The lowest BCUT2D eigenvalue weighted by Crippen LogP contribution is -2.01. The van der Waals surface area contributed by atoms with Crippen LogP contribution in [0.4, 0.5) is 20.2 Å². The van der Waals surface area contributed by atoms with E-state index in [0.717, 1.165) is 17.7 Å². The number of halogens is 3. The molecule has 0 aliphatic heterocycles. The first-order chi connectivity index (χ1) is 9.45. The number of non-ortho nitro benzene ring substituents is 1. The highest BCUT2D eigenvalue weighted by Crippen LogP contribution is 2.22. The maximum Gasteiger partial charge on any atom is 0.274 e. The zero-order valence-corrected chi connectivity index (χ0v) is 11.7. The van der Waals surface area contributed by atoms with Crippen LogP contribution in [-0.4, -0.2) is 4.92 Å². The van der Waals surface area contributed by atoms with E-state index in [9.17, 15) is 18.9 Å². The molecule has 0 aromatic heterocycles. The molecule has 0 bridgehead atoms. The van der Waals surface area contributed by atoms with E-state index in [1.165, 1.54) is 12.1 Å². The zero-order valence-electron chi connectivity index (χ0n) is 10.1. The predicted molar refractivity (Wildman–Crippen MR) is 74.5 cm³/mol. The maximum absolute atomic E-state index is 13.2. The Morgan fingerprint density at radius 2 is 1.95 bits per heavy atom. The molecule has 2 aromatic carbocycles. The number of anilines is 1. The van der Waals surface area contributed by atoms with Crippen molar-refractivity contribution in [3.8, 4) is 0 Å². The molecule has 0 saturated heterocycles. The van der Waals surface area contributed by atoms with Gasteiger partial charge in [-0.1, -0.05) is 6.07 Å². The lowest BCUT2D eigenvalue weighted by molar-refractivity contribution is -0.385. The second-order valence-corrected chi connectivity index (χ2v) is 4.91. The Balaban J connectivity index is 2.14. The molecule has 7 heteroatoms. The molecule has 0 fully saturated rings. The predicted octanol–water partition coefficient (Wildman–Crippen LogP) is 4.25. The second-order valence-electron chi connectivity index (χ2n) is 4.06. The fourth-order valence-corrected chi connectivity index (χ4v) is 2.06. The van der Waals surface area contributed by atoms with Crippen molar-refractivity contribution in [2.75, 3.05) is 5.32 Å². The Labute approximate surface area is 121 Å². The van der Waals surface area contributed by atoms with Gasteiger partial charge >= 0.3 is 0 Å². The molecule has 0 amide bonds. The van der Waals surface area contributed by atoms with Crippen LogP contribution in [-0.2, 0) is 6.54 Å². The normalized spacial score (nSPS) is 10.3. The van der Waals surface area contributed by atoms with Crippen molar-refractivity contribution in [1.82, 2.24) is 0 Å². The van der Waals surface area contributed by atoms with Crippen LogP contribution in [0.25, 0.3) is 0 Å². The van der Waals surface area contributed by atoms with Crippen LogP contribution in [0.2, 0.25) is 0 Å². The van der Waals surface area contributed by atoms with Gasteiger partial charge in [-0.3, -0.25) is 10.1 Å². The second kappa shape index (κ2) is 5.96. The highest BCUT2D eigenvalue weighted by atomic mass is 79.9. The van der Waals surface area contributed by atoms with Crippen LogP contribution in [0.3, 0.4) is 0 Å². The highest BCUT2D eigenvalue weighted by molar-refractivity contribution is 9.10. The third-order valence-corrected chi connectivity index (χ3v) is 3.18. The smallest absolute Gasteiger partial charge is 0.274 e. The fourth-order valence-electron chi connectivity index (χ4n) is 1.64. The van der Waals surface area contributed by atoms with E-state index in [-0.39, 0.29) is 17.2 Å². The van der Waals surface area contributed by atoms with E-state index < -0.39 is 10.7 Å². The van der Waals surface area contributed by atoms with Gasteiger partial charge in [-0.15, -0.1) is 0 Å². The Bertz CT molecular complexity index is 665. The summed E-state index contributed by atoms with van der Waals surface area (Å²) in [6, 6.07) is 7.69. The van der Waals surface area contributed by atoms with Gasteiger partial charge < -0.3 is 5.32 Å². The molecule has 4 nitrogen and oxygen atoms in total. The summed E-state index contributed by atoms with van der Waals surface area (Å²) in [5, 5.41) is 13.5. The van der Waals surface area contributed by atoms with Crippen molar-refractivity contribution in [1.29, 1.82) is 0 Å². The summed E-state index contributed by atoms with van der Waals surface area (Å²) < 4.78 is 26.6. The lowest BCUT2D eigenvalue weighted by atomic mass is 10.2. The SMILES string of the molecule is O=[N+]([O-])c1cc(F)cc(NCc2ccc(F)c(Br)c2)c1. The number of hydrogen-bond donors (Lipinski definition) is 1. The molecule has 0 aliphatic carbocycles. The highest BCUT2D eigenvalue weighted by Gasteiger charge is 2.09. The van der Waals surface area contributed by atoms with E-state index >= 15 is 0 Å². The number of nitrogens with zero attached hydrogens (tertiary/aromatic N) is 1. The summed E-state index contributed by atoms with van der Waals surface area (Å²) in [6.45, 7) is 0.291. The van der Waals surface area contributed by atoms with Crippen molar-refractivity contribution >= 4 is 27.3 Å². The monoisotopic (exact) mass is 342 g/mol. The van der Waals surface area contributed by atoms with Crippen LogP contribution < -0.4 is 5.32 Å². The summed E-state index contributed by atoms with van der Waals surface area (Å²) >= 11 is 3.06. The summed E-state index contributed by atoms with van der Waals surface area (Å²) in [5.41, 5.74) is 0.718. The zero-order chi connectivity index (χ0) is 14.7. The lowest BCUT2D eigenvalue weighted by Gasteiger charge is -2.07. The average molecular weight is 343 g/mol. The maximum atomic E-state index is 13.2. The van der Waals surface area contributed by atoms with Crippen molar-refractivity contribution in [2.24, 2.45) is 0 Å². The van der Waals surface area contributed by atoms with Gasteiger partial charge in [0.15, 0.2) is 0 Å². The third-order valence-electron chi connectivity index (χ3n) is 2.57. The minimum Gasteiger partial charge on any atom is -0.381 e. The van der Waals surface area contributed by atoms with Crippen molar-refractivity contribution in [3.05, 3.63) is 68.2 Å². The first kappa shape index (κ1) is 14.4. The average Bonchev–Trinajstić information content (AvgIpc) is 2.39. The molecule has 20 heavy (non-hydrogen) atoms. The Morgan fingerprint density at radius 1 is 1.20 bits per heavy atom. The topological polar surface area (TPSA) is 55.2 Å². The Kier molecular flexibility index (Phi) is 4.29. The first-order valence-electron chi connectivity index (χ1n) is 5.58. The van der Waals surface area contributed by atoms with E-state index in [1.54, 1.807) is 12.1 Å². The molecule has 0 atom stereocenters.